The van der Waals surface area contributed by atoms with Crippen LogP contribution >= 0.6 is 0 Å². The molecule has 44 heavy (non-hydrogen) atoms. The van der Waals surface area contributed by atoms with E-state index in [9.17, 15) is 8.78 Å². The summed E-state index contributed by atoms with van der Waals surface area (Å²) in [5.74, 6) is -2.15. The van der Waals surface area contributed by atoms with Crippen LogP contribution in [0.15, 0.2) is 90.4 Å². The second kappa shape index (κ2) is 12.5. The lowest BCUT2D eigenvalue weighted by molar-refractivity contribution is -0.487. The van der Waals surface area contributed by atoms with E-state index in [0.29, 0.717) is 12.5 Å². The molecule has 2 aromatic rings. The van der Waals surface area contributed by atoms with Crippen LogP contribution in [0.25, 0.3) is 5.70 Å². The van der Waals surface area contributed by atoms with Crippen LogP contribution in [0.2, 0.25) is 0 Å². The third-order valence-corrected chi connectivity index (χ3v) is 9.59. The van der Waals surface area contributed by atoms with E-state index in [2.05, 4.69) is 65.5 Å². The zero-order valence-corrected chi connectivity index (χ0v) is 26.1. The molecular formula is C37H44F2N4O+. The van der Waals surface area contributed by atoms with Crippen molar-refractivity contribution in [3.63, 3.8) is 0 Å². The first-order valence-corrected chi connectivity index (χ1v) is 16.1. The van der Waals surface area contributed by atoms with Gasteiger partial charge in [-0.25, -0.2) is 0 Å². The summed E-state index contributed by atoms with van der Waals surface area (Å²) in [7, 11) is 0. The number of benzene rings is 1. The number of pyridine rings is 1. The number of azo groups is 2. The second-order valence-electron chi connectivity index (χ2n) is 12.8. The lowest BCUT2D eigenvalue weighted by Crippen LogP contribution is -2.44. The van der Waals surface area contributed by atoms with Crippen molar-refractivity contribution in [2.45, 2.75) is 89.2 Å². The molecule has 0 N–H and O–H groups in total. The number of alkyl halides is 2. The summed E-state index contributed by atoms with van der Waals surface area (Å²) < 4.78 is 36.6. The van der Waals surface area contributed by atoms with Crippen LogP contribution in [0.3, 0.4) is 0 Å². The molecule has 3 atom stereocenters. The SMILES string of the molecule is C=CC(=C)C1CC(OCCCCC)C2=C3[C](CCN(C(=C)c4ccc(C(C)(F)F)nc4)C3C1)[N+](c1ccc(C3CC3)cc1)=N2. The fourth-order valence-corrected chi connectivity index (χ4v) is 6.87. The van der Waals surface area contributed by atoms with Crippen molar-refractivity contribution in [3.05, 3.63) is 108 Å². The lowest BCUT2D eigenvalue weighted by Gasteiger charge is -2.40. The number of aromatic nitrogens is 1. The van der Waals surface area contributed by atoms with Crippen LogP contribution in [-0.2, 0) is 10.7 Å². The molecule has 5 nitrogen and oxygen atoms in total. The van der Waals surface area contributed by atoms with Crippen LogP contribution in [0.5, 0.6) is 0 Å². The maximum absolute atomic E-state index is 13.9. The Kier molecular flexibility index (Phi) is 8.69. The van der Waals surface area contributed by atoms with Gasteiger partial charge in [0.1, 0.15) is 17.5 Å². The second-order valence-corrected chi connectivity index (χ2v) is 12.8. The number of hydrogen-bond acceptors (Lipinski definition) is 4. The molecule has 1 aromatic heterocycles. The molecule has 6 rings (SSSR count). The Bertz CT molecular complexity index is 1470. The monoisotopic (exact) mass is 598 g/mol. The summed E-state index contributed by atoms with van der Waals surface area (Å²) >= 11 is 0. The van der Waals surface area contributed by atoms with Crippen molar-refractivity contribution in [2.24, 2.45) is 11.0 Å². The predicted molar refractivity (Wildman–Crippen MR) is 170 cm³/mol. The van der Waals surface area contributed by atoms with Crippen LogP contribution in [0.1, 0.15) is 88.0 Å². The van der Waals surface area contributed by atoms with Crippen LogP contribution in [0.4, 0.5) is 14.5 Å². The minimum Gasteiger partial charge on any atom is -0.372 e. The van der Waals surface area contributed by atoms with Crippen LogP contribution in [0, 0.1) is 12.0 Å². The van der Waals surface area contributed by atoms with Gasteiger partial charge >= 0.3 is 0 Å². The first-order chi connectivity index (χ1) is 21.2. The van der Waals surface area contributed by atoms with Gasteiger partial charge in [0.2, 0.25) is 5.69 Å². The Morgan fingerprint density at radius 3 is 2.52 bits per heavy atom. The molecule has 2 fully saturated rings. The first kappa shape index (κ1) is 30.6. The van der Waals surface area contributed by atoms with Gasteiger partial charge in [0.05, 0.1) is 11.6 Å². The van der Waals surface area contributed by atoms with Gasteiger partial charge in [0.25, 0.3) is 12.0 Å². The first-order valence-electron chi connectivity index (χ1n) is 16.1. The number of ether oxygens (including phenoxy) is 1. The Hall–Kier alpha value is -3.45. The van der Waals surface area contributed by atoms with E-state index in [0.717, 1.165) is 80.2 Å². The summed E-state index contributed by atoms with van der Waals surface area (Å²) in [6.07, 6.45) is 11.4. The van der Waals surface area contributed by atoms with Gasteiger partial charge in [-0.15, -0.1) is 0 Å². The quantitative estimate of drug-likeness (QED) is 0.139. The molecule has 2 aliphatic heterocycles. The fraction of sp³-hybridized carbons (Fsp3) is 0.459. The molecule has 3 heterocycles. The molecule has 1 aromatic carbocycles. The number of nitrogens with zero attached hydrogens (tertiary/aromatic N) is 4. The topological polar surface area (TPSA) is 40.7 Å². The zero-order valence-electron chi connectivity index (χ0n) is 26.1. The van der Waals surface area contributed by atoms with E-state index in [1.807, 2.05) is 6.08 Å². The van der Waals surface area contributed by atoms with Gasteiger partial charge in [-0.1, -0.05) is 68.0 Å². The Morgan fingerprint density at radius 2 is 1.89 bits per heavy atom. The van der Waals surface area contributed by atoms with Crippen molar-refractivity contribution in [3.8, 4) is 0 Å². The Morgan fingerprint density at radius 1 is 1.11 bits per heavy atom. The smallest absolute Gasteiger partial charge is 0.291 e. The zero-order chi connectivity index (χ0) is 31.0. The van der Waals surface area contributed by atoms with E-state index in [4.69, 9.17) is 9.85 Å². The normalized spacial score (nSPS) is 23.7. The molecule has 0 spiro atoms. The van der Waals surface area contributed by atoms with Crippen molar-refractivity contribution >= 4 is 11.4 Å². The highest BCUT2D eigenvalue weighted by Crippen LogP contribution is 2.50. The largest absolute Gasteiger partial charge is 0.372 e. The lowest BCUT2D eigenvalue weighted by atomic mass is 9.83. The Labute approximate surface area is 260 Å². The molecule has 4 aliphatic rings. The molecule has 0 amide bonds. The highest BCUT2D eigenvalue weighted by Gasteiger charge is 2.53. The third kappa shape index (κ3) is 6.08. The van der Waals surface area contributed by atoms with Gasteiger partial charge in [-0.2, -0.15) is 8.78 Å². The van der Waals surface area contributed by atoms with Gasteiger partial charge < -0.3 is 9.64 Å². The average molecular weight is 599 g/mol. The fourth-order valence-electron chi connectivity index (χ4n) is 6.87. The number of piperidine rings is 1. The van der Waals surface area contributed by atoms with E-state index in [-0.39, 0.29) is 23.8 Å². The van der Waals surface area contributed by atoms with Gasteiger partial charge in [0.15, 0.2) is 0 Å². The summed E-state index contributed by atoms with van der Waals surface area (Å²) in [5.41, 5.74) is 6.93. The van der Waals surface area contributed by atoms with Crippen molar-refractivity contribution in [1.82, 2.24) is 9.88 Å². The third-order valence-electron chi connectivity index (χ3n) is 9.59. The number of allylic oxidation sites excluding steroid dienone is 2. The minimum absolute atomic E-state index is 0.0287. The van der Waals surface area contributed by atoms with Crippen LogP contribution < -0.4 is 0 Å². The van der Waals surface area contributed by atoms with Crippen LogP contribution in [-0.4, -0.2) is 39.9 Å². The molecular weight excluding hydrogens is 554 g/mol. The predicted octanol–water partition coefficient (Wildman–Crippen LogP) is 9.44. The maximum atomic E-state index is 13.9. The number of halogens is 2. The number of unbranched alkanes of at least 4 members (excludes halogenated alkanes) is 2. The molecule has 7 heteroatoms. The molecule has 231 valence electrons. The van der Waals surface area contributed by atoms with Gasteiger partial charge in [-0.05, 0) is 66.8 Å². The molecule has 1 saturated carbocycles. The molecule has 1 saturated heterocycles. The molecule has 2 aliphatic carbocycles. The van der Waals surface area contributed by atoms with E-state index in [1.54, 1.807) is 6.07 Å². The summed E-state index contributed by atoms with van der Waals surface area (Å²) in [6.45, 7) is 17.4. The molecule has 3 unspecified atom stereocenters. The van der Waals surface area contributed by atoms with Crippen molar-refractivity contribution in [1.29, 1.82) is 0 Å². The molecule has 0 bridgehead atoms. The highest BCUT2D eigenvalue weighted by atomic mass is 19.3. The summed E-state index contributed by atoms with van der Waals surface area (Å²) in [5, 5.41) is 5.32. The summed E-state index contributed by atoms with van der Waals surface area (Å²) in [4.78, 5) is 6.41. The minimum atomic E-state index is -2.99. The number of likely N-dealkylation sites (tertiary alicyclic amines) is 1. The molecule has 1 radical (unpaired) electrons. The van der Waals surface area contributed by atoms with E-state index >= 15 is 0 Å². The van der Waals surface area contributed by atoms with Crippen molar-refractivity contribution < 1.29 is 18.2 Å². The van der Waals surface area contributed by atoms with Crippen molar-refractivity contribution in [2.75, 3.05) is 13.2 Å². The Balaban J connectivity index is 1.37. The number of rotatable bonds is 12. The number of hydrogen-bond donors (Lipinski definition) is 0. The van der Waals surface area contributed by atoms with E-state index < -0.39 is 5.92 Å². The average Bonchev–Trinajstić information content (AvgIpc) is 3.83. The highest BCUT2D eigenvalue weighted by molar-refractivity contribution is 5.63. The van der Waals surface area contributed by atoms with E-state index in [1.165, 1.54) is 42.3 Å². The summed E-state index contributed by atoms with van der Waals surface area (Å²) in [6, 6.07) is 13.2. The maximum Gasteiger partial charge on any atom is 0.291 e. The van der Waals surface area contributed by atoms with Gasteiger partial charge in [0, 0.05) is 56.1 Å². The van der Waals surface area contributed by atoms with Gasteiger partial charge in [-0.3, -0.25) is 4.98 Å². The standard InChI is InChI=1S/C37H44F2N4O/c1-6-8-9-20-44-33-22-29(24(3)7-2)21-32-35-31(43(41-36(33)35)30-15-12-27(13-16-30)26-10-11-26)18-19-42(32)25(4)28-14-17-34(40-23-28)37(5,38)39/h7,12-17,23,26,29,32-33H,2-4,6,8-11,18-22H2,1,5H3/q+1.